The fourth-order valence-electron chi connectivity index (χ4n) is 1.25. The van der Waals surface area contributed by atoms with E-state index in [1.165, 1.54) is 19.2 Å². The van der Waals surface area contributed by atoms with Crippen LogP contribution in [0, 0.1) is 0 Å². The summed E-state index contributed by atoms with van der Waals surface area (Å²) in [4.78, 5) is 22.3. The first-order valence-corrected chi connectivity index (χ1v) is 5.77. The van der Waals surface area contributed by atoms with Gasteiger partial charge in [-0.2, -0.15) is 0 Å². The molecule has 0 aromatic heterocycles. The van der Waals surface area contributed by atoms with E-state index < -0.39 is 18.0 Å². The van der Waals surface area contributed by atoms with Crippen molar-refractivity contribution in [3.05, 3.63) is 28.2 Å². The van der Waals surface area contributed by atoms with E-state index >= 15 is 0 Å². The number of aromatic hydroxyl groups is 1. The highest BCUT2D eigenvalue weighted by Gasteiger charge is 2.18. The molecule has 98 valence electrons. The van der Waals surface area contributed by atoms with Crippen LogP contribution in [0.15, 0.2) is 22.7 Å². The Kier molecular flexibility index (Phi) is 5.11. The molecule has 1 atom stereocenters. The minimum absolute atomic E-state index is 0.0680. The molecule has 0 radical (unpaired) electrons. The van der Waals surface area contributed by atoms with Gasteiger partial charge in [0, 0.05) is 11.6 Å². The van der Waals surface area contributed by atoms with Crippen molar-refractivity contribution in [2.45, 2.75) is 6.10 Å². The van der Waals surface area contributed by atoms with Crippen LogP contribution in [0.5, 0.6) is 5.75 Å². The number of carbonyl (C=O) groups excluding carboxylic acids is 1. The number of ether oxygens (including phenoxy) is 1. The van der Waals surface area contributed by atoms with E-state index in [2.05, 4.69) is 26.0 Å². The third-order valence-electron chi connectivity index (χ3n) is 2.21. The van der Waals surface area contributed by atoms with E-state index in [4.69, 9.17) is 5.11 Å². The van der Waals surface area contributed by atoms with Crippen molar-refractivity contribution in [3.8, 4) is 5.75 Å². The van der Waals surface area contributed by atoms with Crippen molar-refractivity contribution < 1.29 is 24.5 Å². The zero-order chi connectivity index (χ0) is 13.7. The summed E-state index contributed by atoms with van der Waals surface area (Å²) in [5, 5.41) is 20.6. The average molecular weight is 318 g/mol. The van der Waals surface area contributed by atoms with E-state index in [9.17, 15) is 14.7 Å². The number of phenolic OH excluding ortho intramolecular Hbond substituents is 1. The molecule has 0 spiro atoms. The molecule has 7 heteroatoms. The maximum atomic E-state index is 11.7. The highest BCUT2D eigenvalue weighted by atomic mass is 79.9. The molecule has 0 heterocycles. The van der Waals surface area contributed by atoms with E-state index in [1.807, 2.05) is 0 Å². The number of methoxy groups -OCH3 is 1. The minimum Gasteiger partial charge on any atom is -0.507 e. The van der Waals surface area contributed by atoms with Gasteiger partial charge in [0.25, 0.3) is 5.91 Å². The maximum absolute atomic E-state index is 11.7. The zero-order valence-corrected chi connectivity index (χ0v) is 11.1. The second-order valence-corrected chi connectivity index (χ2v) is 4.35. The molecule has 0 aliphatic carbocycles. The fourth-order valence-corrected chi connectivity index (χ4v) is 1.60. The van der Waals surface area contributed by atoms with Crippen LogP contribution in [0.1, 0.15) is 10.4 Å². The molecule has 0 aliphatic rings. The van der Waals surface area contributed by atoms with Crippen molar-refractivity contribution in [2.75, 3.05) is 13.7 Å². The third-order valence-corrected chi connectivity index (χ3v) is 2.71. The summed E-state index contributed by atoms with van der Waals surface area (Å²) in [5.74, 6) is -1.92. The highest BCUT2D eigenvalue weighted by Crippen LogP contribution is 2.21. The summed E-state index contributed by atoms with van der Waals surface area (Å²) in [6.07, 6.45) is -1.12. The van der Waals surface area contributed by atoms with Crippen molar-refractivity contribution in [2.24, 2.45) is 0 Å². The first-order chi connectivity index (χ1) is 8.45. The molecule has 0 saturated heterocycles. The molecule has 6 nitrogen and oxygen atoms in total. The van der Waals surface area contributed by atoms with E-state index in [0.717, 1.165) is 0 Å². The number of benzene rings is 1. The second kappa shape index (κ2) is 6.36. The molecule has 0 aliphatic heterocycles. The lowest BCUT2D eigenvalue weighted by molar-refractivity contribution is -0.147. The van der Waals surface area contributed by atoms with Crippen molar-refractivity contribution in [3.63, 3.8) is 0 Å². The normalized spacial score (nSPS) is 11.9. The zero-order valence-electron chi connectivity index (χ0n) is 9.51. The van der Waals surface area contributed by atoms with Gasteiger partial charge < -0.3 is 20.3 Å². The molecule has 1 aromatic rings. The van der Waals surface area contributed by atoms with Gasteiger partial charge >= 0.3 is 5.97 Å². The highest BCUT2D eigenvalue weighted by molar-refractivity contribution is 9.10. The Morgan fingerprint density at radius 2 is 2.17 bits per heavy atom. The maximum Gasteiger partial charge on any atom is 0.334 e. The lowest BCUT2D eigenvalue weighted by Gasteiger charge is -2.12. The number of nitrogens with one attached hydrogen (secondary N) is 1. The van der Waals surface area contributed by atoms with Gasteiger partial charge in [-0.3, -0.25) is 4.79 Å². The van der Waals surface area contributed by atoms with Gasteiger partial charge in [0.05, 0.1) is 12.1 Å². The molecule has 1 unspecified atom stereocenters. The van der Waals surface area contributed by atoms with Crippen LogP contribution in [0.25, 0.3) is 0 Å². The second-order valence-electron chi connectivity index (χ2n) is 3.43. The number of carbonyl (C=O) groups is 2. The number of hydrogen-bond acceptors (Lipinski definition) is 4. The number of amides is 1. The number of aliphatic carboxylic acids is 1. The molecular weight excluding hydrogens is 306 g/mol. The lowest BCUT2D eigenvalue weighted by atomic mass is 10.2. The fraction of sp³-hybridized carbons (Fsp3) is 0.273. The first-order valence-electron chi connectivity index (χ1n) is 4.98. The quantitative estimate of drug-likeness (QED) is 0.752. The van der Waals surface area contributed by atoms with Gasteiger partial charge in [0.2, 0.25) is 0 Å². The molecule has 1 amide bonds. The largest absolute Gasteiger partial charge is 0.507 e. The molecule has 1 rings (SSSR count). The van der Waals surface area contributed by atoms with Crippen LogP contribution in [0.4, 0.5) is 0 Å². The summed E-state index contributed by atoms with van der Waals surface area (Å²) in [6, 6.07) is 4.40. The predicted octanol–water partition coefficient (Wildman–Crippen LogP) is 0.984. The van der Waals surface area contributed by atoms with Crippen LogP contribution in [0.2, 0.25) is 0 Å². The SMILES string of the molecule is COC(CNC(=O)c1ccc(Br)cc1O)C(=O)O. The van der Waals surface area contributed by atoms with E-state index in [-0.39, 0.29) is 17.9 Å². The topological polar surface area (TPSA) is 95.9 Å². The monoisotopic (exact) mass is 317 g/mol. The Hall–Kier alpha value is -1.60. The van der Waals surface area contributed by atoms with Gasteiger partial charge in [-0.15, -0.1) is 0 Å². The number of carboxylic acid groups (broad SMARTS) is 1. The van der Waals surface area contributed by atoms with Crippen molar-refractivity contribution >= 4 is 27.8 Å². The van der Waals surface area contributed by atoms with Crippen LogP contribution in [0.3, 0.4) is 0 Å². The molecule has 3 N–H and O–H groups in total. The van der Waals surface area contributed by atoms with Gasteiger partial charge in [0.15, 0.2) is 6.10 Å². The smallest absolute Gasteiger partial charge is 0.334 e. The Morgan fingerprint density at radius 1 is 1.50 bits per heavy atom. The Labute approximate surface area is 112 Å². The summed E-state index contributed by atoms with van der Waals surface area (Å²) >= 11 is 3.15. The van der Waals surface area contributed by atoms with Gasteiger partial charge in [-0.1, -0.05) is 15.9 Å². The van der Waals surface area contributed by atoms with Crippen LogP contribution in [-0.4, -0.2) is 41.8 Å². The number of phenols is 1. The number of rotatable bonds is 5. The Bertz CT molecular complexity index is 463. The Balaban J connectivity index is 2.68. The standard InChI is InChI=1S/C11H12BrNO5/c1-18-9(11(16)17)5-13-10(15)7-3-2-6(12)4-8(7)14/h2-4,9,14H,5H2,1H3,(H,13,15)(H,16,17). The minimum atomic E-state index is -1.17. The van der Waals surface area contributed by atoms with E-state index in [0.29, 0.717) is 4.47 Å². The van der Waals surface area contributed by atoms with Crippen LogP contribution >= 0.6 is 15.9 Å². The Morgan fingerprint density at radius 3 is 2.67 bits per heavy atom. The average Bonchev–Trinajstić information content (AvgIpc) is 2.28. The molecule has 0 saturated carbocycles. The van der Waals surface area contributed by atoms with Gasteiger partial charge in [-0.25, -0.2) is 4.79 Å². The van der Waals surface area contributed by atoms with Crippen molar-refractivity contribution in [1.29, 1.82) is 0 Å². The summed E-state index contributed by atoms with van der Waals surface area (Å²) < 4.78 is 5.30. The summed E-state index contributed by atoms with van der Waals surface area (Å²) in [5.41, 5.74) is 0.0680. The first kappa shape index (κ1) is 14.5. The molecule has 18 heavy (non-hydrogen) atoms. The van der Waals surface area contributed by atoms with Crippen LogP contribution < -0.4 is 5.32 Å². The number of halogens is 1. The van der Waals surface area contributed by atoms with Crippen molar-refractivity contribution in [1.82, 2.24) is 5.32 Å². The molecule has 0 fully saturated rings. The molecule has 0 bridgehead atoms. The third kappa shape index (κ3) is 3.71. The number of carboxylic acids is 1. The van der Waals surface area contributed by atoms with Crippen LogP contribution in [-0.2, 0) is 9.53 Å². The van der Waals surface area contributed by atoms with E-state index in [1.54, 1.807) is 6.07 Å². The summed E-state index contributed by atoms with van der Waals surface area (Å²) in [7, 11) is 1.24. The van der Waals surface area contributed by atoms with Gasteiger partial charge in [-0.05, 0) is 18.2 Å². The molecular formula is C11H12BrNO5. The molecule has 1 aromatic carbocycles. The summed E-state index contributed by atoms with van der Waals surface area (Å²) in [6.45, 7) is -0.180. The lowest BCUT2D eigenvalue weighted by Crippen LogP contribution is -2.37. The van der Waals surface area contributed by atoms with Gasteiger partial charge in [0.1, 0.15) is 5.75 Å². The predicted molar refractivity (Wildman–Crippen MR) is 66.6 cm³/mol. The number of hydrogen-bond donors (Lipinski definition) is 3.